The van der Waals surface area contributed by atoms with Crippen molar-refractivity contribution < 1.29 is 9.59 Å². The van der Waals surface area contributed by atoms with Crippen molar-refractivity contribution in [1.29, 1.82) is 5.26 Å². The minimum absolute atomic E-state index is 0.0298. The molecule has 0 aliphatic heterocycles. The van der Waals surface area contributed by atoms with Gasteiger partial charge in [-0.2, -0.15) is 5.26 Å². The maximum Gasteiger partial charge on any atom is 0.193 e. The molecule has 0 radical (unpaired) electrons. The predicted molar refractivity (Wildman–Crippen MR) is 103 cm³/mol. The van der Waals surface area contributed by atoms with Crippen molar-refractivity contribution in [2.24, 2.45) is 0 Å². The van der Waals surface area contributed by atoms with E-state index in [9.17, 15) is 9.59 Å². The van der Waals surface area contributed by atoms with Crippen LogP contribution in [0, 0.1) is 11.3 Å². The summed E-state index contributed by atoms with van der Waals surface area (Å²) in [7, 11) is 0. The Kier molecular flexibility index (Phi) is 4.40. The fraction of sp³-hybridized carbons (Fsp3) is 0.125. The van der Waals surface area contributed by atoms with Crippen LogP contribution in [0.5, 0.6) is 0 Å². The molecule has 0 aromatic heterocycles. The van der Waals surface area contributed by atoms with Crippen LogP contribution in [0.1, 0.15) is 56.4 Å². The summed E-state index contributed by atoms with van der Waals surface area (Å²) in [5.74, 6) is -0.166. The molecule has 1 aliphatic carbocycles. The number of nitriles is 1. The van der Waals surface area contributed by atoms with E-state index in [1.54, 1.807) is 12.1 Å². The molecule has 0 bridgehead atoms. The SMILES string of the molecule is N#Cc1ccc([C@H](CC=O)C2c3ccccc3C(=O)c3ccccc32)cc1. The number of carbonyl (C=O) groups is 2. The van der Waals surface area contributed by atoms with Crippen molar-refractivity contribution in [1.82, 2.24) is 0 Å². The van der Waals surface area contributed by atoms with E-state index < -0.39 is 0 Å². The number of nitrogens with zero attached hydrogens (tertiary/aromatic N) is 1. The Bertz CT molecular complexity index is 1010. The van der Waals surface area contributed by atoms with Gasteiger partial charge in [-0.1, -0.05) is 60.7 Å². The van der Waals surface area contributed by atoms with Gasteiger partial charge in [-0.3, -0.25) is 4.79 Å². The molecule has 1 atom stereocenters. The third-order valence-electron chi connectivity index (χ3n) is 5.30. The van der Waals surface area contributed by atoms with Crippen molar-refractivity contribution >= 4 is 12.1 Å². The quantitative estimate of drug-likeness (QED) is 0.645. The van der Waals surface area contributed by atoms with E-state index in [2.05, 4.69) is 6.07 Å². The van der Waals surface area contributed by atoms with Crippen LogP contribution in [-0.4, -0.2) is 12.1 Å². The molecule has 0 amide bonds. The van der Waals surface area contributed by atoms with E-state index in [4.69, 9.17) is 5.26 Å². The fourth-order valence-electron chi connectivity index (χ4n) is 4.07. The number of rotatable bonds is 4. The molecule has 3 aromatic carbocycles. The largest absolute Gasteiger partial charge is 0.303 e. The summed E-state index contributed by atoms with van der Waals surface area (Å²) in [6.45, 7) is 0. The van der Waals surface area contributed by atoms with E-state index in [0.717, 1.165) is 23.0 Å². The molecule has 0 fully saturated rings. The van der Waals surface area contributed by atoms with Crippen molar-refractivity contribution in [2.75, 3.05) is 0 Å². The highest BCUT2D eigenvalue weighted by Crippen LogP contribution is 2.46. The second-order valence-corrected chi connectivity index (χ2v) is 6.72. The van der Waals surface area contributed by atoms with Gasteiger partial charge in [0.25, 0.3) is 0 Å². The molecule has 3 nitrogen and oxygen atoms in total. The molecular formula is C24H17NO2. The van der Waals surface area contributed by atoms with E-state index >= 15 is 0 Å². The molecule has 3 heteroatoms. The number of aldehydes is 1. The van der Waals surface area contributed by atoms with Crippen LogP contribution in [0.2, 0.25) is 0 Å². The highest BCUT2D eigenvalue weighted by atomic mass is 16.1. The van der Waals surface area contributed by atoms with E-state index in [-0.39, 0.29) is 17.6 Å². The van der Waals surface area contributed by atoms with Gasteiger partial charge in [0.15, 0.2) is 5.78 Å². The van der Waals surface area contributed by atoms with Crippen molar-refractivity contribution in [3.63, 3.8) is 0 Å². The average Bonchev–Trinajstić information content (AvgIpc) is 2.73. The Labute approximate surface area is 157 Å². The lowest BCUT2D eigenvalue weighted by Gasteiger charge is -2.33. The highest BCUT2D eigenvalue weighted by molar-refractivity contribution is 6.12. The first kappa shape index (κ1) is 16.9. The molecule has 0 spiro atoms. The van der Waals surface area contributed by atoms with Crippen molar-refractivity contribution in [2.45, 2.75) is 18.3 Å². The minimum atomic E-state index is -0.106. The Morgan fingerprint density at radius 1 is 0.889 bits per heavy atom. The number of fused-ring (bicyclic) bond motifs is 2. The van der Waals surface area contributed by atoms with Crippen LogP contribution in [0.4, 0.5) is 0 Å². The van der Waals surface area contributed by atoms with Gasteiger partial charge in [-0.15, -0.1) is 0 Å². The summed E-state index contributed by atoms with van der Waals surface area (Å²) in [5, 5.41) is 9.07. The smallest absolute Gasteiger partial charge is 0.193 e. The molecule has 130 valence electrons. The number of hydrogen-bond acceptors (Lipinski definition) is 3. The molecule has 4 rings (SSSR count). The normalized spacial score (nSPS) is 14.0. The van der Waals surface area contributed by atoms with Gasteiger partial charge in [0.1, 0.15) is 6.29 Å². The van der Waals surface area contributed by atoms with E-state index in [1.807, 2.05) is 60.7 Å². The van der Waals surface area contributed by atoms with Crippen LogP contribution >= 0.6 is 0 Å². The first-order valence-electron chi connectivity index (χ1n) is 8.91. The van der Waals surface area contributed by atoms with Gasteiger partial charge in [-0.05, 0) is 28.8 Å². The monoisotopic (exact) mass is 351 g/mol. The Hall–Kier alpha value is -3.51. The lowest BCUT2D eigenvalue weighted by Crippen LogP contribution is -2.24. The summed E-state index contributed by atoms with van der Waals surface area (Å²) < 4.78 is 0. The van der Waals surface area contributed by atoms with E-state index in [0.29, 0.717) is 23.1 Å². The lowest BCUT2D eigenvalue weighted by molar-refractivity contribution is -0.108. The highest BCUT2D eigenvalue weighted by Gasteiger charge is 2.35. The second kappa shape index (κ2) is 7.01. The minimum Gasteiger partial charge on any atom is -0.303 e. The third kappa shape index (κ3) is 2.86. The zero-order valence-corrected chi connectivity index (χ0v) is 14.6. The first-order valence-corrected chi connectivity index (χ1v) is 8.91. The Morgan fingerprint density at radius 2 is 1.44 bits per heavy atom. The van der Waals surface area contributed by atoms with E-state index in [1.165, 1.54) is 0 Å². The summed E-state index contributed by atoms with van der Waals surface area (Å²) in [6.07, 6.45) is 1.28. The lowest BCUT2D eigenvalue weighted by atomic mass is 9.69. The summed E-state index contributed by atoms with van der Waals surface area (Å²) in [4.78, 5) is 24.5. The molecule has 0 saturated carbocycles. The fourth-order valence-corrected chi connectivity index (χ4v) is 4.07. The van der Waals surface area contributed by atoms with Crippen LogP contribution in [-0.2, 0) is 4.79 Å². The first-order chi connectivity index (χ1) is 13.2. The Morgan fingerprint density at radius 3 is 1.96 bits per heavy atom. The van der Waals surface area contributed by atoms with Gasteiger partial charge in [0.05, 0.1) is 11.6 Å². The van der Waals surface area contributed by atoms with Crippen LogP contribution in [0.3, 0.4) is 0 Å². The number of carbonyl (C=O) groups excluding carboxylic acids is 2. The maximum absolute atomic E-state index is 12.9. The van der Waals surface area contributed by atoms with Crippen molar-refractivity contribution in [3.05, 3.63) is 106 Å². The van der Waals surface area contributed by atoms with Gasteiger partial charge in [0, 0.05) is 29.4 Å². The molecule has 1 aliphatic rings. The summed E-state index contributed by atoms with van der Waals surface area (Å²) in [6, 6.07) is 24.8. The average molecular weight is 351 g/mol. The van der Waals surface area contributed by atoms with Crippen LogP contribution in [0.25, 0.3) is 0 Å². The topological polar surface area (TPSA) is 57.9 Å². The van der Waals surface area contributed by atoms with Crippen LogP contribution in [0.15, 0.2) is 72.8 Å². The zero-order chi connectivity index (χ0) is 18.8. The predicted octanol–water partition coefficient (Wildman–Crippen LogP) is 4.61. The number of benzene rings is 3. The summed E-state index contributed by atoms with van der Waals surface area (Å²) in [5.41, 5.74) is 4.89. The zero-order valence-electron chi connectivity index (χ0n) is 14.6. The molecule has 27 heavy (non-hydrogen) atoms. The van der Waals surface area contributed by atoms with Gasteiger partial charge >= 0.3 is 0 Å². The summed E-state index contributed by atoms with van der Waals surface area (Å²) >= 11 is 0. The van der Waals surface area contributed by atoms with Gasteiger partial charge in [0.2, 0.25) is 0 Å². The second-order valence-electron chi connectivity index (χ2n) is 6.72. The molecule has 3 aromatic rings. The maximum atomic E-state index is 12.9. The third-order valence-corrected chi connectivity index (χ3v) is 5.30. The number of ketones is 1. The molecular weight excluding hydrogens is 334 g/mol. The van der Waals surface area contributed by atoms with Gasteiger partial charge < -0.3 is 4.79 Å². The molecule has 0 N–H and O–H groups in total. The molecule has 0 saturated heterocycles. The van der Waals surface area contributed by atoms with Crippen LogP contribution < -0.4 is 0 Å². The Balaban J connectivity index is 1.92. The van der Waals surface area contributed by atoms with Crippen molar-refractivity contribution in [3.8, 4) is 6.07 Å². The number of hydrogen-bond donors (Lipinski definition) is 0. The standard InChI is InChI=1S/C24H17NO2/c25-15-16-9-11-17(12-10-16)18(13-14-26)23-19-5-1-3-7-21(19)24(27)22-8-4-2-6-20(22)23/h1-12,14,18,23H,13H2/t18-/m0/s1. The molecule has 0 unspecified atom stereocenters. The van der Waals surface area contributed by atoms with Gasteiger partial charge in [-0.25, -0.2) is 0 Å². The molecule has 0 heterocycles.